The third-order valence-electron chi connectivity index (χ3n) is 5.24. The fraction of sp³-hybridized carbons (Fsp3) is 0.375. The summed E-state index contributed by atoms with van der Waals surface area (Å²) in [4.78, 5) is 43.2. The van der Waals surface area contributed by atoms with E-state index >= 15 is 0 Å². The first-order chi connectivity index (χ1) is 17.3. The van der Waals surface area contributed by atoms with Crippen LogP contribution in [-0.4, -0.2) is 65.5 Å². The summed E-state index contributed by atoms with van der Waals surface area (Å²) in [5.41, 5.74) is 0.270. The summed E-state index contributed by atoms with van der Waals surface area (Å²) in [5, 5.41) is 13.6. The molecule has 0 bridgehead atoms. The Kier molecular flexibility index (Phi) is 9.25. The molecule has 2 atom stereocenters. The molecule has 1 heterocycles. The number of ether oxygens (including phenoxy) is 3. The number of para-hydroxylation sites is 2. The summed E-state index contributed by atoms with van der Waals surface area (Å²) in [6, 6.07) is 11.0. The predicted molar refractivity (Wildman–Crippen MR) is 137 cm³/mol. The molecule has 1 N–H and O–H groups in total. The summed E-state index contributed by atoms with van der Waals surface area (Å²) in [6.07, 6.45) is -0.199. The van der Waals surface area contributed by atoms with Gasteiger partial charge in [-0.1, -0.05) is 23.9 Å². The molecule has 1 fully saturated rings. The quantitative estimate of drug-likeness (QED) is 0.350. The second-order valence-electron chi connectivity index (χ2n) is 7.81. The number of rotatable bonds is 11. The molecule has 0 spiro atoms. The summed E-state index contributed by atoms with van der Waals surface area (Å²) < 4.78 is 15.9. The number of nitrogens with zero attached hydrogens (tertiary/aromatic N) is 3. The van der Waals surface area contributed by atoms with E-state index in [-0.39, 0.29) is 42.1 Å². The van der Waals surface area contributed by atoms with Crippen LogP contribution in [0.3, 0.4) is 0 Å². The highest BCUT2D eigenvalue weighted by atomic mass is 32.2. The molecule has 11 nitrogen and oxygen atoms in total. The number of amides is 2. The van der Waals surface area contributed by atoms with Crippen molar-refractivity contribution in [2.75, 3.05) is 32.8 Å². The van der Waals surface area contributed by atoms with Crippen molar-refractivity contribution in [1.29, 1.82) is 0 Å². The third-order valence-corrected chi connectivity index (χ3v) is 6.39. The smallest absolute Gasteiger partial charge is 0.296 e. The first-order valence-corrected chi connectivity index (χ1v) is 12.1. The average molecular weight is 517 g/mol. The van der Waals surface area contributed by atoms with Crippen molar-refractivity contribution < 1.29 is 28.7 Å². The van der Waals surface area contributed by atoms with Crippen LogP contribution in [0.5, 0.6) is 11.5 Å². The number of hydrogen-bond acceptors (Lipinski definition) is 9. The molecule has 0 radical (unpaired) electrons. The SMILES string of the molecule is CCOc1ccccc1N=C1S[C@H](CC(=O)Nc2ccc(OC)cc2[N+](=O)[O-])C(=O)N1[C@@H](C)COC. The van der Waals surface area contributed by atoms with Crippen molar-refractivity contribution in [2.24, 2.45) is 4.99 Å². The maximum atomic E-state index is 13.3. The Hall–Kier alpha value is -3.64. The molecule has 2 aromatic rings. The Morgan fingerprint density at radius 3 is 2.69 bits per heavy atom. The number of benzene rings is 2. The number of carbonyl (C=O) groups is 2. The lowest BCUT2D eigenvalue weighted by Crippen LogP contribution is -2.42. The zero-order valence-electron chi connectivity index (χ0n) is 20.4. The van der Waals surface area contributed by atoms with Crippen LogP contribution in [0.1, 0.15) is 20.3 Å². The first-order valence-electron chi connectivity index (χ1n) is 11.2. The molecule has 2 aromatic carbocycles. The topological polar surface area (TPSA) is 133 Å². The lowest BCUT2D eigenvalue weighted by Gasteiger charge is -2.23. The number of thioether (sulfide) groups is 1. The fourth-order valence-corrected chi connectivity index (χ4v) is 4.85. The van der Waals surface area contributed by atoms with Gasteiger partial charge in [0, 0.05) is 13.5 Å². The number of nitro groups is 1. The van der Waals surface area contributed by atoms with Gasteiger partial charge in [0.25, 0.3) is 5.69 Å². The lowest BCUT2D eigenvalue weighted by molar-refractivity contribution is -0.384. The summed E-state index contributed by atoms with van der Waals surface area (Å²) >= 11 is 1.16. The molecule has 36 heavy (non-hydrogen) atoms. The minimum Gasteiger partial charge on any atom is -0.496 e. The van der Waals surface area contributed by atoms with Gasteiger partial charge in [-0.15, -0.1) is 0 Å². The molecular formula is C24H28N4O7S. The van der Waals surface area contributed by atoms with E-state index in [1.807, 2.05) is 26.0 Å². The Morgan fingerprint density at radius 2 is 2.03 bits per heavy atom. The molecule has 0 saturated carbocycles. The van der Waals surface area contributed by atoms with E-state index in [0.29, 0.717) is 23.2 Å². The Labute approximate surface area is 213 Å². The highest BCUT2D eigenvalue weighted by molar-refractivity contribution is 8.15. The minimum absolute atomic E-state index is 0.0189. The maximum Gasteiger partial charge on any atom is 0.296 e. The number of carbonyl (C=O) groups excluding carboxylic acids is 2. The molecule has 1 aliphatic rings. The predicted octanol–water partition coefficient (Wildman–Crippen LogP) is 4.00. The number of nitro benzene ring substituents is 1. The number of hydrogen-bond donors (Lipinski definition) is 1. The molecule has 1 aliphatic heterocycles. The van der Waals surface area contributed by atoms with E-state index in [0.717, 1.165) is 11.8 Å². The molecule has 0 aromatic heterocycles. The van der Waals surface area contributed by atoms with E-state index in [1.165, 1.54) is 37.3 Å². The van der Waals surface area contributed by atoms with Gasteiger partial charge in [-0.25, -0.2) is 4.99 Å². The second kappa shape index (κ2) is 12.4. The number of aliphatic imine (C=N–C) groups is 1. The van der Waals surface area contributed by atoms with Crippen molar-refractivity contribution in [3.8, 4) is 11.5 Å². The van der Waals surface area contributed by atoms with Crippen LogP contribution in [0.4, 0.5) is 17.1 Å². The van der Waals surface area contributed by atoms with Crippen molar-refractivity contribution in [2.45, 2.75) is 31.6 Å². The molecule has 12 heteroatoms. The van der Waals surface area contributed by atoms with E-state index in [9.17, 15) is 19.7 Å². The summed E-state index contributed by atoms with van der Waals surface area (Å²) in [5.74, 6) is 0.0334. The summed E-state index contributed by atoms with van der Waals surface area (Å²) in [7, 11) is 2.93. The highest BCUT2D eigenvalue weighted by Gasteiger charge is 2.41. The second-order valence-corrected chi connectivity index (χ2v) is 8.98. The average Bonchev–Trinajstić information content (AvgIpc) is 3.14. The van der Waals surface area contributed by atoms with Crippen molar-refractivity contribution >= 4 is 45.8 Å². The lowest BCUT2D eigenvalue weighted by atomic mass is 10.2. The Bertz CT molecular complexity index is 1160. The molecule has 0 unspecified atom stereocenters. The minimum atomic E-state index is -0.764. The largest absolute Gasteiger partial charge is 0.496 e. The highest BCUT2D eigenvalue weighted by Crippen LogP contribution is 2.36. The van der Waals surface area contributed by atoms with Crippen LogP contribution in [0.15, 0.2) is 47.5 Å². The fourth-order valence-electron chi connectivity index (χ4n) is 3.61. The monoisotopic (exact) mass is 516 g/mol. The zero-order chi connectivity index (χ0) is 26.2. The van der Waals surface area contributed by atoms with Gasteiger partial charge in [0.15, 0.2) is 5.17 Å². The van der Waals surface area contributed by atoms with Crippen molar-refractivity contribution in [1.82, 2.24) is 4.90 Å². The molecule has 3 rings (SSSR count). The van der Waals surface area contributed by atoms with Gasteiger partial charge in [0.1, 0.15) is 28.1 Å². The number of nitrogens with one attached hydrogen (secondary N) is 1. The van der Waals surface area contributed by atoms with Crippen molar-refractivity contribution in [3.05, 3.63) is 52.6 Å². The standard InChI is InChI=1S/C24H28N4O7S/c1-5-35-20-9-7-6-8-18(20)26-24-27(15(2)14-33-3)23(30)21(36-24)13-22(29)25-17-11-10-16(34-4)12-19(17)28(31)32/h6-12,15,21H,5,13-14H2,1-4H3,(H,25,29)/t15-,21+/m0/s1. The molecular weight excluding hydrogens is 488 g/mol. The first kappa shape index (κ1) is 27.0. The van der Waals surface area contributed by atoms with Gasteiger partial charge < -0.3 is 19.5 Å². The maximum absolute atomic E-state index is 13.3. The van der Waals surface area contributed by atoms with Gasteiger partial charge in [0.05, 0.1) is 37.4 Å². The molecule has 1 saturated heterocycles. The van der Waals surface area contributed by atoms with Gasteiger partial charge in [-0.3, -0.25) is 24.6 Å². The van der Waals surface area contributed by atoms with Gasteiger partial charge in [-0.2, -0.15) is 0 Å². The number of anilines is 1. The zero-order valence-corrected chi connectivity index (χ0v) is 21.2. The van der Waals surface area contributed by atoms with E-state index in [2.05, 4.69) is 10.3 Å². The van der Waals surface area contributed by atoms with Crippen LogP contribution in [0, 0.1) is 10.1 Å². The van der Waals surface area contributed by atoms with Crippen LogP contribution in [0.2, 0.25) is 0 Å². The Morgan fingerprint density at radius 1 is 1.28 bits per heavy atom. The van der Waals surface area contributed by atoms with E-state index in [4.69, 9.17) is 14.2 Å². The van der Waals surface area contributed by atoms with E-state index in [1.54, 1.807) is 12.1 Å². The van der Waals surface area contributed by atoms with Gasteiger partial charge in [0.2, 0.25) is 11.8 Å². The Balaban J connectivity index is 1.84. The molecule has 0 aliphatic carbocycles. The molecule has 2 amide bonds. The van der Waals surface area contributed by atoms with Crippen LogP contribution < -0.4 is 14.8 Å². The summed E-state index contributed by atoms with van der Waals surface area (Å²) in [6.45, 7) is 4.43. The van der Waals surface area contributed by atoms with Gasteiger partial charge >= 0.3 is 0 Å². The third kappa shape index (κ3) is 6.32. The van der Waals surface area contributed by atoms with Crippen LogP contribution in [-0.2, 0) is 14.3 Å². The molecule has 192 valence electrons. The van der Waals surface area contributed by atoms with Crippen LogP contribution >= 0.6 is 11.8 Å². The van der Waals surface area contributed by atoms with Crippen LogP contribution in [0.25, 0.3) is 0 Å². The number of methoxy groups -OCH3 is 2. The normalized spacial score (nSPS) is 17.2. The number of amidine groups is 1. The van der Waals surface area contributed by atoms with E-state index < -0.39 is 16.1 Å². The van der Waals surface area contributed by atoms with Gasteiger partial charge in [-0.05, 0) is 38.1 Å². The van der Waals surface area contributed by atoms with Crippen molar-refractivity contribution in [3.63, 3.8) is 0 Å².